The van der Waals surface area contributed by atoms with Crippen LogP contribution in [0.1, 0.15) is 12.8 Å². The fourth-order valence-electron chi connectivity index (χ4n) is 3.19. The highest BCUT2D eigenvalue weighted by Crippen LogP contribution is 2.29. The molecule has 0 bridgehead atoms. The summed E-state index contributed by atoms with van der Waals surface area (Å²) < 4.78 is 27.0. The van der Waals surface area contributed by atoms with Gasteiger partial charge in [0.05, 0.1) is 5.02 Å². The Morgan fingerprint density at radius 1 is 1.10 bits per heavy atom. The first-order chi connectivity index (χ1) is 14.4. The fraction of sp³-hybridized carbons (Fsp3) is 0.263. The highest BCUT2D eigenvalue weighted by molar-refractivity contribution is 7.89. The smallest absolute Gasteiger partial charge is 0.248 e. The van der Waals surface area contributed by atoms with Crippen molar-refractivity contribution in [2.45, 2.75) is 24.3 Å². The summed E-state index contributed by atoms with van der Waals surface area (Å²) >= 11 is 6.14. The highest BCUT2D eigenvalue weighted by Gasteiger charge is 2.29. The van der Waals surface area contributed by atoms with Gasteiger partial charge in [-0.25, -0.2) is 8.42 Å². The SMILES string of the molecule is O=C(Cn1nnc(-c2ccccc2)n1)Nc1ccc(Cl)c(S(=O)(=O)N2CCCC2)c1. The summed E-state index contributed by atoms with van der Waals surface area (Å²) in [4.78, 5) is 13.6. The lowest BCUT2D eigenvalue weighted by Gasteiger charge is -2.17. The van der Waals surface area contributed by atoms with E-state index in [-0.39, 0.29) is 16.5 Å². The van der Waals surface area contributed by atoms with Gasteiger partial charge in [0.25, 0.3) is 0 Å². The Balaban J connectivity index is 1.47. The number of nitrogens with one attached hydrogen (secondary N) is 1. The number of hydrogen-bond donors (Lipinski definition) is 1. The van der Waals surface area contributed by atoms with Crippen molar-refractivity contribution in [3.63, 3.8) is 0 Å². The van der Waals surface area contributed by atoms with Gasteiger partial charge in [0.2, 0.25) is 21.8 Å². The number of halogens is 1. The lowest BCUT2D eigenvalue weighted by Crippen LogP contribution is -2.28. The van der Waals surface area contributed by atoms with Crippen LogP contribution < -0.4 is 5.32 Å². The molecule has 0 saturated carbocycles. The summed E-state index contributed by atoms with van der Waals surface area (Å²) in [5.41, 5.74) is 1.11. The van der Waals surface area contributed by atoms with E-state index >= 15 is 0 Å². The number of carbonyl (C=O) groups excluding carboxylic acids is 1. The first-order valence-corrected chi connectivity index (χ1v) is 11.2. The first kappa shape index (κ1) is 20.5. The molecule has 2 aromatic carbocycles. The molecule has 1 fully saturated rings. The van der Waals surface area contributed by atoms with Gasteiger partial charge in [-0.2, -0.15) is 9.10 Å². The fourth-order valence-corrected chi connectivity index (χ4v) is 5.21. The normalized spacial score (nSPS) is 14.7. The minimum atomic E-state index is -3.70. The Bertz CT molecular complexity index is 1160. The van der Waals surface area contributed by atoms with E-state index in [2.05, 4.69) is 20.7 Å². The second-order valence-electron chi connectivity index (χ2n) is 6.81. The number of nitrogens with zero attached hydrogens (tertiary/aromatic N) is 5. The van der Waals surface area contributed by atoms with Gasteiger partial charge < -0.3 is 5.32 Å². The lowest BCUT2D eigenvalue weighted by atomic mass is 10.2. The predicted octanol–water partition coefficient (Wildman–Crippen LogP) is 2.42. The Labute approximate surface area is 178 Å². The number of anilines is 1. The highest BCUT2D eigenvalue weighted by atomic mass is 35.5. The Morgan fingerprint density at radius 2 is 1.83 bits per heavy atom. The van der Waals surface area contributed by atoms with E-state index in [0.717, 1.165) is 18.4 Å². The van der Waals surface area contributed by atoms with Gasteiger partial charge in [-0.15, -0.1) is 10.2 Å². The summed E-state index contributed by atoms with van der Waals surface area (Å²) in [7, 11) is -3.70. The second-order valence-corrected chi connectivity index (χ2v) is 9.13. The van der Waals surface area contributed by atoms with Crippen molar-refractivity contribution in [1.29, 1.82) is 0 Å². The van der Waals surface area contributed by atoms with Crippen LogP contribution in [0.25, 0.3) is 11.4 Å². The van der Waals surface area contributed by atoms with Crippen LogP contribution in [-0.2, 0) is 21.4 Å². The van der Waals surface area contributed by atoms with Crippen molar-refractivity contribution in [2.75, 3.05) is 18.4 Å². The van der Waals surface area contributed by atoms with Crippen molar-refractivity contribution in [3.8, 4) is 11.4 Å². The average molecular weight is 447 g/mol. The molecule has 9 nitrogen and oxygen atoms in total. The van der Waals surface area contributed by atoms with Crippen molar-refractivity contribution >= 4 is 33.2 Å². The molecule has 3 aromatic rings. The Morgan fingerprint density at radius 3 is 2.57 bits per heavy atom. The van der Waals surface area contributed by atoms with Crippen molar-refractivity contribution in [2.24, 2.45) is 0 Å². The summed E-state index contributed by atoms with van der Waals surface area (Å²) in [6.07, 6.45) is 1.65. The third-order valence-electron chi connectivity index (χ3n) is 4.67. The number of benzene rings is 2. The van der Waals surface area contributed by atoms with E-state index < -0.39 is 15.9 Å². The average Bonchev–Trinajstić information content (AvgIpc) is 3.42. The van der Waals surface area contributed by atoms with Gasteiger partial charge in [0.1, 0.15) is 11.4 Å². The molecule has 1 aliphatic heterocycles. The van der Waals surface area contributed by atoms with Crippen LogP contribution in [0.2, 0.25) is 5.02 Å². The van der Waals surface area contributed by atoms with Crippen molar-refractivity contribution in [1.82, 2.24) is 24.5 Å². The largest absolute Gasteiger partial charge is 0.324 e. The topological polar surface area (TPSA) is 110 Å². The number of rotatable bonds is 6. The molecule has 2 heterocycles. The van der Waals surface area contributed by atoms with Gasteiger partial charge in [-0.3, -0.25) is 4.79 Å². The molecule has 156 valence electrons. The summed E-state index contributed by atoms with van der Waals surface area (Å²) in [5, 5.41) is 14.8. The molecule has 0 unspecified atom stereocenters. The lowest BCUT2D eigenvalue weighted by molar-refractivity contribution is -0.117. The molecule has 1 aliphatic rings. The first-order valence-electron chi connectivity index (χ1n) is 9.36. The number of tetrazole rings is 1. The van der Waals surface area contributed by atoms with Crippen LogP contribution >= 0.6 is 11.6 Å². The van der Waals surface area contributed by atoms with Crippen LogP contribution in [0.5, 0.6) is 0 Å². The maximum Gasteiger partial charge on any atom is 0.248 e. The number of sulfonamides is 1. The minimum Gasteiger partial charge on any atom is -0.324 e. The molecular formula is C19H19ClN6O3S. The molecule has 1 N–H and O–H groups in total. The maximum atomic E-state index is 12.8. The monoisotopic (exact) mass is 446 g/mol. The van der Waals surface area contributed by atoms with Crippen molar-refractivity contribution < 1.29 is 13.2 Å². The van der Waals surface area contributed by atoms with Crippen LogP contribution in [0, 0.1) is 0 Å². The number of aromatic nitrogens is 4. The molecule has 1 amide bonds. The molecule has 0 atom stereocenters. The molecule has 11 heteroatoms. The third kappa shape index (κ3) is 4.35. The van der Waals surface area contributed by atoms with Gasteiger partial charge >= 0.3 is 0 Å². The zero-order chi connectivity index (χ0) is 21.1. The van der Waals surface area contributed by atoms with Crippen LogP contribution in [0.4, 0.5) is 5.69 Å². The summed E-state index contributed by atoms with van der Waals surface area (Å²) in [6, 6.07) is 13.7. The van der Waals surface area contributed by atoms with E-state index in [1.165, 1.54) is 21.2 Å². The van der Waals surface area contributed by atoms with E-state index in [0.29, 0.717) is 24.6 Å². The third-order valence-corrected chi connectivity index (χ3v) is 7.05. The quantitative estimate of drug-likeness (QED) is 0.622. The minimum absolute atomic E-state index is 0.0193. The van der Waals surface area contributed by atoms with E-state index in [4.69, 9.17) is 11.6 Å². The molecule has 1 saturated heterocycles. The van der Waals surface area contributed by atoms with E-state index in [1.807, 2.05) is 30.3 Å². The number of hydrogen-bond acceptors (Lipinski definition) is 6. The van der Waals surface area contributed by atoms with Crippen LogP contribution in [0.3, 0.4) is 0 Å². The molecule has 0 radical (unpaired) electrons. The Hall–Kier alpha value is -2.82. The van der Waals surface area contributed by atoms with Gasteiger partial charge in [-0.05, 0) is 36.3 Å². The van der Waals surface area contributed by atoms with Crippen molar-refractivity contribution in [3.05, 3.63) is 53.6 Å². The zero-order valence-corrected chi connectivity index (χ0v) is 17.5. The summed E-state index contributed by atoms with van der Waals surface area (Å²) in [6.45, 7) is 0.768. The van der Waals surface area contributed by atoms with Crippen LogP contribution in [0.15, 0.2) is 53.4 Å². The van der Waals surface area contributed by atoms with E-state index in [9.17, 15) is 13.2 Å². The maximum absolute atomic E-state index is 12.8. The second kappa shape index (κ2) is 8.50. The number of amides is 1. The van der Waals surface area contributed by atoms with Gasteiger partial charge in [0, 0.05) is 24.3 Å². The van der Waals surface area contributed by atoms with Gasteiger partial charge in [0.15, 0.2) is 0 Å². The molecule has 4 rings (SSSR count). The van der Waals surface area contributed by atoms with Crippen LogP contribution in [-0.4, -0.2) is 51.9 Å². The molecule has 30 heavy (non-hydrogen) atoms. The molecule has 0 aliphatic carbocycles. The standard InChI is InChI=1S/C19H19ClN6O3S/c20-16-9-8-15(12-17(16)30(28,29)25-10-4-5-11-25)21-18(27)13-26-23-19(22-24-26)14-6-2-1-3-7-14/h1-3,6-9,12H,4-5,10-11,13H2,(H,21,27). The molecule has 1 aromatic heterocycles. The van der Waals surface area contributed by atoms with E-state index in [1.54, 1.807) is 6.07 Å². The predicted molar refractivity (Wildman–Crippen MR) is 111 cm³/mol. The number of carbonyl (C=O) groups is 1. The Kier molecular flexibility index (Phi) is 5.80. The molecule has 0 spiro atoms. The summed E-state index contributed by atoms with van der Waals surface area (Å²) in [5.74, 6) is -0.00672. The molecular weight excluding hydrogens is 428 g/mol. The zero-order valence-electron chi connectivity index (χ0n) is 15.9. The van der Waals surface area contributed by atoms with Gasteiger partial charge in [-0.1, -0.05) is 41.9 Å².